The number of cyclic esters (lactones) is 1. The number of unbranched alkanes of at least 4 members (excludes halogenated alkanes) is 15. The second kappa shape index (κ2) is 17.7. The number of esters is 1. The van der Waals surface area contributed by atoms with Gasteiger partial charge in [0.05, 0.1) is 0 Å². The zero-order valence-corrected chi connectivity index (χ0v) is 23.4. The van der Waals surface area contributed by atoms with Crippen LogP contribution in [0.4, 0.5) is 0 Å². The Morgan fingerprint density at radius 2 is 1.06 bits per heavy atom. The molecule has 1 fully saturated rings. The minimum Gasteiger partial charge on any atom is -0.425 e. The van der Waals surface area contributed by atoms with Gasteiger partial charge in [-0.1, -0.05) is 123 Å². The van der Waals surface area contributed by atoms with Crippen LogP contribution >= 0.6 is 0 Å². The molecule has 0 aromatic heterocycles. The van der Waals surface area contributed by atoms with Gasteiger partial charge in [0.2, 0.25) is 5.79 Å². The van der Waals surface area contributed by atoms with Gasteiger partial charge in [-0.15, -0.1) is 0 Å². The highest BCUT2D eigenvalue weighted by atomic mass is 16.8. The van der Waals surface area contributed by atoms with Gasteiger partial charge < -0.3 is 18.9 Å². The van der Waals surface area contributed by atoms with Gasteiger partial charge in [-0.05, 0) is 19.3 Å². The fraction of sp³-hybridized carbons (Fsp3) is 0.966. The van der Waals surface area contributed by atoms with Gasteiger partial charge in [-0.25, -0.2) is 4.79 Å². The van der Waals surface area contributed by atoms with Gasteiger partial charge in [0.1, 0.15) is 0 Å². The third-order valence-corrected chi connectivity index (χ3v) is 7.53. The molecule has 0 spiro atoms. The minimum absolute atomic E-state index is 0.361. The molecule has 0 aromatic rings. The Kier molecular flexibility index (Phi) is 16.4. The first-order valence-corrected chi connectivity index (χ1v) is 14.3. The van der Waals surface area contributed by atoms with E-state index in [9.17, 15) is 4.79 Å². The van der Waals surface area contributed by atoms with Crippen LogP contribution < -0.4 is 0 Å². The Morgan fingerprint density at radius 1 is 0.676 bits per heavy atom. The summed E-state index contributed by atoms with van der Waals surface area (Å²) in [7, 11) is 3.04. The van der Waals surface area contributed by atoms with Crippen molar-refractivity contribution in [3.63, 3.8) is 0 Å². The molecule has 3 atom stereocenters. The van der Waals surface area contributed by atoms with Crippen molar-refractivity contribution in [3.8, 4) is 0 Å². The molecule has 0 N–H and O–H groups in total. The highest BCUT2D eigenvalue weighted by Gasteiger charge is 2.57. The summed E-state index contributed by atoms with van der Waals surface area (Å²) in [6, 6.07) is 0. The average molecular weight is 485 g/mol. The normalized spacial score (nSPS) is 25.1. The summed E-state index contributed by atoms with van der Waals surface area (Å²) < 4.78 is 22.3. The smallest absolute Gasteiger partial charge is 0.338 e. The molecular formula is C29H56O5. The largest absolute Gasteiger partial charge is 0.425 e. The highest BCUT2D eigenvalue weighted by molar-refractivity contribution is 5.75. The number of methoxy groups -OCH3 is 2. The van der Waals surface area contributed by atoms with Crippen molar-refractivity contribution in [2.75, 3.05) is 14.2 Å². The summed E-state index contributed by atoms with van der Waals surface area (Å²) in [5.41, 5.74) is 0. The fourth-order valence-electron chi connectivity index (χ4n) is 4.77. The van der Waals surface area contributed by atoms with Crippen LogP contribution in [0.3, 0.4) is 0 Å². The van der Waals surface area contributed by atoms with Gasteiger partial charge in [0.15, 0.2) is 6.10 Å². The molecule has 5 nitrogen and oxygen atoms in total. The van der Waals surface area contributed by atoms with E-state index < -0.39 is 17.7 Å². The lowest BCUT2D eigenvalue weighted by Gasteiger charge is -2.47. The first-order chi connectivity index (χ1) is 16.3. The van der Waals surface area contributed by atoms with Crippen LogP contribution in [-0.2, 0) is 23.7 Å². The number of hydrogen-bond donors (Lipinski definition) is 0. The van der Waals surface area contributed by atoms with E-state index in [0.29, 0.717) is 6.42 Å². The molecule has 1 heterocycles. The topological polar surface area (TPSA) is 54.0 Å². The average Bonchev–Trinajstić information content (AvgIpc) is 2.81. The Bertz CT molecular complexity index is 523. The molecule has 5 heteroatoms. The molecule has 1 aliphatic rings. The lowest BCUT2D eigenvalue weighted by Crippen LogP contribution is -2.64. The Hall–Kier alpha value is -0.650. The molecule has 0 bridgehead atoms. The maximum absolute atomic E-state index is 12.3. The molecular weight excluding hydrogens is 428 g/mol. The number of carbonyl (C=O) groups is 1. The molecule has 0 aliphatic carbocycles. The second-order valence-corrected chi connectivity index (χ2v) is 11.0. The third-order valence-electron chi connectivity index (χ3n) is 7.53. The van der Waals surface area contributed by atoms with Crippen molar-refractivity contribution in [1.82, 2.24) is 0 Å². The maximum Gasteiger partial charge on any atom is 0.338 e. The number of rotatable bonds is 21. The first kappa shape index (κ1) is 31.4. The summed E-state index contributed by atoms with van der Waals surface area (Å²) >= 11 is 0. The second-order valence-electron chi connectivity index (χ2n) is 11.0. The fourth-order valence-corrected chi connectivity index (χ4v) is 4.77. The minimum atomic E-state index is -1.23. The van der Waals surface area contributed by atoms with Crippen LogP contribution in [0.5, 0.6) is 0 Å². The van der Waals surface area contributed by atoms with Crippen LogP contribution in [0.25, 0.3) is 0 Å². The molecule has 0 saturated carbocycles. The van der Waals surface area contributed by atoms with E-state index in [1.54, 1.807) is 21.0 Å². The Balaban J connectivity index is 1.92. The van der Waals surface area contributed by atoms with Crippen LogP contribution in [0, 0.1) is 5.92 Å². The standard InChI is InChI=1S/C29H56O5/c1-25(2)23-21-19-17-15-13-11-9-7-8-10-12-14-16-18-20-22-24-26-27(30)34-29(4,32-6)28(3,31-5)33-26/h25-26H,7-24H2,1-6H3/t26-,28?,29+/m1/s1. The van der Waals surface area contributed by atoms with Gasteiger partial charge in [-0.2, -0.15) is 0 Å². The van der Waals surface area contributed by atoms with Gasteiger partial charge in [0, 0.05) is 21.1 Å². The van der Waals surface area contributed by atoms with E-state index in [-0.39, 0.29) is 5.97 Å². The molecule has 0 radical (unpaired) electrons. The van der Waals surface area contributed by atoms with Gasteiger partial charge in [0.25, 0.3) is 5.79 Å². The lowest BCUT2D eigenvalue weighted by molar-refractivity contribution is -0.406. The third kappa shape index (κ3) is 11.9. The van der Waals surface area contributed by atoms with Crippen molar-refractivity contribution < 1.29 is 23.7 Å². The van der Waals surface area contributed by atoms with Crippen LogP contribution in [-0.4, -0.2) is 37.9 Å². The molecule has 1 unspecified atom stereocenters. The Morgan fingerprint density at radius 3 is 1.44 bits per heavy atom. The van der Waals surface area contributed by atoms with Crippen molar-refractivity contribution >= 4 is 5.97 Å². The molecule has 1 saturated heterocycles. The Labute approximate surface area is 211 Å². The molecule has 1 rings (SSSR count). The zero-order valence-electron chi connectivity index (χ0n) is 23.4. The molecule has 0 aromatic carbocycles. The van der Waals surface area contributed by atoms with E-state index in [1.165, 1.54) is 103 Å². The molecule has 0 amide bonds. The summed E-state index contributed by atoms with van der Waals surface area (Å²) in [5, 5.41) is 0. The predicted molar refractivity (Wildman–Crippen MR) is 140 cm³/mol. The van der Waals surface area contributed by atoms with Gasteiger partial charge >= 0.3 is 5.97 Å². The van der Waals surface area contributed by atoms with E-state index in [2.05, 4.69) is 13.8 Å². The van der Waals surface area contributed by atoms with E-state index in [0.717, 1.165) is 18.8 Å². The first-order valence-electron chi connectivity index (χ1n) is 14.3. The monoisotopic (exact) mass is 484 g/mol. The van der Waals surface area contributed by atoms with Crippen molar-refractivity contribution in [2.45, 2.75) is 161 Å². The van der Waals surface area contributed by atoms with Crippen LogP contribution in [0.2, 0.25) is 0 Å². The van der Waals surface area contributed by atoms with Crippen molar-refractivity contribution in [1.29, 1.82) is 0 Å². The number of hydrogen-bond acceptors (Lipinski definition) is 5. The highest BCUT2D eigenvalue weighted by Crippen LogP contribution is 2.38. The quantitative estimate of drug-likeness (QED) is 0.121. The SMILES string of the molecule is COC1(C)O[C@H](CCCCCCCCCCCCCCCCCCC(C)C)C(=O)O[C@]1(C)OC. The van der Waals surface area contributed by atoms with Gasteiger partial charge in [-0.3, -0.25) is 0 Å². The molecule has 202 valence electrons. The maximum atomic E-state index is 12.3. The van der Waals surface area contributed by atoms with E-state index >= 15 is 0 Å². The van der Waals surface area contributed by atoms with E-state index in [4.69, 9.17) is 18.9 Å². The summed E-state index contributed by atoms with van der Waals surface area (Å²) in [5.74, 6) is -1.83. The van der Waals surface area contributed by atoms with Crippen LogP contribution in [0.1, 0.15) is 143 Å². The van der Waals surface area contributed by atoms with Crippen molar-refractivity contribution in [3.05, 3.63) is 0 Å². The number of carbonyl (C=O) groups excluding carboxylic acids is 1. The molecule has 1 aliphatic heterocycles. The predicted octanol–water partition coefficient (Wildman–Crippen LogP) is 8.33. The number of ether oxygens (including phenoxy) is 4. The zero-order chi connectivity index (χ0) is 25.3. The van der Waals surface area contributed by atoms with Crippen LogP contribution in [0.15, 0.2) is 0 Å². The van der Waals surface area contributed by atoms with E-state index in [1.807, 2.05) is 0 Å². The lowest BCUT2D eigenvalue weighted by atomic mass is 10.0. The summed E-state index contributed by atoms with van der Waals surface area (Å²) in [6.07, 6.45) is 22.9. The summed E-state index contributed by atoms with van der Waals surface area (Å²) in [4.78, 5) is 12.3. The molecule has 34 heavy (non-hydrogen) atoms. The summed E-state index contributed by atoms with van der Waals surface area (Å²) in [6.45, 7) is 8.07. The van der Waals surface area contributed by atoms with Crippen molar-refractivity contribution in [2.24, 2.45) is 5.92 Å².